The Kier molecular flexibility index (Phi) is 6.35. The summed E-state index contributed by atoms with van der Waals surface area (Å²) in [4.78, 5) is 11.6. The van der Waals surface area contributed by atoms with Crippen molar-refractivity contribution in [3.63, 3.8) is 0 Å². The summed E-state index contributed by atoms with van der Waals surface area (Å²) in [5.41, 5.74) is 0.883. The average Bonchev–Trinajstić information content (AvgIpc) is 2.56. The third-order valence-electron chi connectivity index (χ3n) is 2.29. The zero-order valence-electron chi connectivity index (χ0n) is 11.1. The van der Waals surface area contributed by atoms with E-state index < -0.39 is 0 Å². The molecular weight excluding hydrogens is 298 g/mol. The van der Waals surface area contributed by atoms with Gasteiger partial charge in [-0.3, -0.25) is 9.48 Å². The second kappa shape index (κ2) is 7.53. The number of aromatic nitrogens is 2. The van der Waals surface area contributed by atoms with Gasteiger partial charge in [-0.1, -0.05) is 0 Å². The molecule has 0 aliphatic rings. The highest BCUT2D eigenvalue weighted by Crippen LogP contribution is 2.12. The van der Waals surface area contributed by atoms with Crippen LogP contribution in [0.5, 0.6) is 0 Å². The number of hydrogen-bond donors (Lipinski definition) is 1. The smallest absolute Gasteiger partial charge is 0.241 e. The van der Waals surface area contributed by atoms with Gasteiger partial charge in [-0.25, -0.2) is 0 Å². The molecule has 0 aliphatic heterocycles. The zero-order chi connectivity index (χ0) is 13.5. The normalized spacial score (nSPS) is 10.9. The van der Waals surface area contributed by atoms with Crippen LogP contribution in [0.15, 0.2) is 10.7 Å². The molecule has 1 heterocycles. The fourth-order valence-electron chi connectivity index (χ4n) is 1.40. The van der Waals surface area contributed by atoms with Crippen molar-refractivity contribution >= 4 is 21.8 Å². The van der Waals surface area contributed by atoms with Crippen LogP contribution in [0, 0.1) is 6.92 Å². The third kappa shape index (κ3) is 5.64. The van der Waals surface area contributed by atoms with E-state index in [1.165, 1.54) is 0 Å². The molecule has 0 spiro atoms. The maximum absolute atomic E-state index is 11.6. The second-order valence-electron chi connectivity index (χ2n) is 4.38. The third-order valence-corrected chi connectivity index (χ3v) is 3.07. The number of nitrogens with one attached hydrogen (secondary N) is 1. The van der Waals surface area contributed by atoms with Gasteiger partial charge in [0.05, 0.1) is 16.3 Å². The monoisotopic (exact) mass is 317 g/mol. The highest BCUT2D eigenvalue weighted by atomic mass is 79.9. The van der Waals surface area contributed by atoms with Crippen molar-refractivity contribution in [1.29, 1.82) is 0 Å². The lowest BCUT2D eigenvalue weighted by Crippen LogP contribution is -2.29. The van der Waals surface area contributed by atoms with Crippen molar-refractivity contribution in [1.82, 2.24) is 15.1 Å². The molecule has 0 saturated carbocycles. The Bertz CT molecular complexity index is 371. The van der Waals surface area contributed by atoms with E-state index in [0.717, 1.165) is 16.6 Å². The summed E-state index contributed by atoms with van der Waals surface area (Å²) in [5, 5.41) is 7.04. The van der Waals surface area contributed by atoms with E-state index in [2.05, 4.69) is 26.3 Å². The molecule has 0 aromatic carbocycles. The Morgan fingerprint density at radius 3 is 2.89 bits per heavy atom. The Labute approximate surface area is 116 Å². The number of aryl methyl sites for hydroxylation is 1. The second-order valence-corrected chi connectivity index (χ2v) is 5.24. The highest BCUT2D eigenvalue weighted by molar-refractivity contribution is 9.10. The van der Waals surface area contributed by atoms with E-state index in [4.69, 9.17) is 4.74 Å². The van der Waals surface area contributed by atoms with Gasteiger partial charge in [0, 0.05) is 19.3 Å². The van der Waals surface area contributed by atoms with Gasteiger partial charge in [-0.15, -0.1) is 0 Å². The minimum absolute atomic E-state index is 0.0328. The molecule has 0 radical (unpaired) electrons. The number of ether oxygens (including phenoxy) is 1. The van der Waals surface area contributed by atoms with Crippen LogP contribution in [-0.4, -0.2) is 34.9 Å². The molecule has 0 bridgehead atoms. The van der Waals surface area contributed by atoms with Crippen LogP contribution in [0.2, 0.25) is 0 Å². The van der Waals surface area contributed by atoms with Crippen LogP contribution >= 0.6 is 15.9 Å². The first kappa shape index (κ1) is 15.2. The van der Waals surface area contributed by atoms with E-state index in [-0.39, 0.29) is 18.6 Å². The SMILES string of the molecule is Cc1nn(CC(=O)NCCCOC(C)C)cc1Br. The van der Waals surface area contributed by atoms with E-state index >= 15 is 0 Å². The van der Waals surface area contributed by atoms with Gasteiger partial charge >= 0.3 is 0 Å². The predicted octanol–water partition coefficient (Wildman–Crippen LogP) is 1.89. The molecule has 102 valence electrons. The summed E-state index contributed by atoms with van der Waals surface area (Å²) >= 11 is 3.36. The molecule has 0 aliphatic carbocycles. The van der Waals surface area contributed by atoms with Gasteiger partial charge in [0.1, 0.15) is 6.54 Å². The molecule has 1 aromatic heterocycles. The molecule has 1 N–H and O–H groups in total. The van der Waals surface area contributed by atoms with E-state index in [9.17, 15) is 4.79 Å². The van der Waals surface area contributed by atoms with Crippen LogP contribution in [-0.2, 0) is 16.1 Å². The molecule has 0 saturated heterocycles. The topological polar surface area (TPSA) is 56.2 Å². The van der Waals surface area contributed by atoms with Crippen molar-refractivity contribution in [2.24, 2.45) is 0 Å². The Hall–Kier alpha value is -0.880. The maximum atomic E-state index is 11.6. The van der Waals surface area contributed by atoms with Crippen molar-refractivity contribution < 1.29 is 9.53 Å². The summed E-state index contributed by atoms with van der Waals surface area (Å²) in [5.74, 6) is -0.0328. The number of hydrogen-bond acceptors (Lipinski definition) is 3. The molecule has 0 atom stereocenters. The van der Waals surface area contributed by atoms with Crippen molar-refractivity contribution in [2.45, 2.75) is 39.8 Å². The summed E-state index contributed by atoms with van der Waals surface area (Å²) in [6.45, 7) is 7.43. The summed E-state index contributed by atoms with van der Waals surface area (Å²) in [7, 11) is 0. The van der Waals surface area contributed by atoms with Gasteiger partial charge in [0.25, 0.3) is 0 Å². The fraction of sp³-hybridized carbons (Fsp3) is 0.667. The number of nitrogens with zero attached hydrogens (tertiary/aromatic N) is 2. The minimum atomic E-state index is -0.0328. The van der Waals surface area contributed by atoms with Crippen LogP contribution in [0.3, 0.4) is 0 Å². The van der Waals surface area contributed by atoms with Crippen molar-refractivity contribution in [3.8, 4) is 0 Å². The largest absolute Gasteiger partial charge is 0.379 e. The number of halogens is 1. The van der Waals surface area contributed by atoms with Crippen molar-refractivity contribution in [2.75, 3.05) is 13.2 Å². The summed E-state index contributed by atoms with van der Waals surface area (Å²) in [6, 6.07) is 0. The number of amides is 1. The standard InChI is InChI=1S/C12H20BrN3O2/c1-9(2)18-6-4-5-14-12(17)8-16-7-11(13)10(3)15-16/h7,9H,4-6,8H2,1-3H3,(H,14,17). The first-order valence-electron chi connectivity index (χ1n) is 6.07. The molecule has 0 fully saturated rings. The van der Waals surface area contributed by atoms with Crippen LogP contribution in [0.25, 0.3) is 0 Å². The maximum Gasteiger partial charge on any atom is 0.241 e. The number of rotatable bonds is 7. The minimum Gasteiger partial charge on any atom is -0.379 e. The van der Waals surface area contributed by atoms with Gasteiger partial charge in [-0.05, 0) is 43.1 Å². The first-order valence-corrected chi connectivity index (χ1v) is 6.86. The predicted molar refractivity (Wildman–Crippen MR) is 73.4 cm³/mol. The molecule has 1 aromatic rings. The Morgan fingerprint density at radius 1 is 1.61 bits per heavy atom. The molecule has 18 heavy (non-hydrogen) atoms. The lowest BCUT2D eigenvalue weighted by molar-refractivity contribution is -0.121. The van der Waals surface area contributed by atoms with E-state index in [1.807, 2.05) is 20.8 Å². The van der Waals surface area contributed by atoms with Crippen molar-refractivity contribution in [3.05, 3.63) is 16.4 Å². The molecule has 1 rings (SSSR count). The van der Waals surface area contributed by atoms with Crippen LogP contribution in [0.1, 0.15) is 26.0 Å². The van der Waals surface area contributed by atoms with Gasteiger partial charge in [0.15, 0.2) is 0 Å². The Balaban J connectivity index is 2.18. The fourth-order valence-corrected chi connectivity index (χ4v) is 1.71. The van der Waals surface area contributed by atoms with Gasteiger partial charge < -0.3 is 10.1 Å². The molecular formula is C12H20BrN3O2. The lowest BCUT2D eigenvalue weighted by atomic mass is 10.4. The number of carbonyl (C=O) groups is 1. The quantitative estimate of drug-likeness (QED) is 0.781. The Morgan fingerprint density at radius 2 is 2.33 bits per heavy atom. The average molecular weight is 318 g/mol. The molecule has 0 unspecified atom stereocenters. The van der Waals surface area contributed by atoms with Crippen LogP contribution in [0.4, 0.5) is 0 Å². The molecule has 5 nitrogen and oxygen atoms in total. The summed E-state index contributed by atoms with van der Waals surface area (Å²) in [6.07, 6.45) is 2.87. The van der Waals surface area contributed by atoms with Gasteiger partial charge in [0.2, 0.25) is 5.91 Å². The van der Waals surface area contributed by atoms with E-state index in [1.54, 1.807) is 10.9 Å². The molecule has 1 amide bonds. The van der Waals surface area contributed by atoms with E-state index in [0.29, 0.717) is 13.2 Å². The highest BCUT2D eigenvalue weighted by Gasteiger charge is 2.06. The van der Waals surface area contributed by atoms with Crippen LogP contribution < -0.4 is 5.32 Å². The van der Waals surface area contributed by atoms with Gasteiger partial charge in [-0.2, -0.15) is 5.10 Å². The molecule has 6 heteroatoms. The number of carbonyl (C=O) groups excluding carboxylic acids is 1. The lowest BCUT2D eigenvalue weighted by Gasteiger charge is -2.08. The summed E-state index contributed by atoms with van der Waals surface area (Å²) < 4.78 is 7.93. The zero-order valence-corrected chi connectivity index (χ0v) is 12.7. The first-order chi connectivity index (χ1) is 8.49.